The van der Waals surface area contributed by atoms with E-state index in [1.165, 1.54) is 42.6 Å². The van der Waals surface area contributed by atoms with Crippen LogP contribution in [0.4, 0.5) is 41.2 Å². The molecule has 6 nitrogen and oxygen atoms in total. The molecule has 0 aliphatic carbocycles. The Morgan fingerprint density at radius 1 is 0.837 bits per heavy atom. The third kappa shape index (κ3) is 8.28. The Hall–Kier alpha value is -4.52. The summed E-state index contributed by atoms with van der Waals surface area (Å²) < 4.78 is 99.7. The van der Waals surface area contributed by atoms with Gasteiger partial charge in [-0.05, 0) is 47.5 Å². The molecule has 2 amide bonds. The Balaban J connectivity index is 1.80. The third-order valence-electron chi connectivity index (χ3n) is 5.96. The van der Waals surface area contributed by atoms with Crippen LogP contribution in [0.5, 0.6) is 11.5 Å². The molecule has 226 valence electrons. The van der Waals surface area contributed by atoms with E-state index in [9.17, 15) is 35.5 Å². The summed E-state index contributed by atoms with van der Waals surface area (Å²) in [6, 6.07) is 19.9. The minimum Gasteiger partial charge on any atom is -0.428 e. The van der Waals surface area contributed by atoms with Gasteiger partial charge in [-0.1, -0.05) is 60.1 Å². The lowest BCUT2D eigenvalue weighted by atomic mass is 9.80. The Labute approximate surface area is 245 Å². The molecule has 0 spiro atoms. The fraction of sp³-hybridized carbons (Fsp3) is 0.172. The molecule has 0 unspecified atom stereocenters. The van der Waals surface area contributed by atoms with E-state index in [1.54, 1.807) is 30.3 Å². The lowest BCUT2D eigenvalue weighted by Crippen LogP contribution is -2.50. The van der Waals surface area contributed by atoms with Crippen LogP contribution in [0.2, 0.25) is 5.02 Å². The normalized spacial score (nSPS) is 13.2. The number of ether oxygens (including phenoxy) is 2. The molecule has 43 heavy (non-hydrogen) atoms. The van der Waals surface area contributed by atoms with Crippen molar-refractivity contribution in [1.29, 1.82) is 0 Å². The highest BCUT2D eigenvalue weighted by atomic mass is 35.5. The minimum absolute atomic E-state index is 0.0538. The first-order valence-corrected chi connectivity index (χ1v) is 12.7. The van der Waals surface area contributed by atoms with Crippen molar-refractivity contribution < 1.29 is 45.0 Å². The predicted octanol–water partition coefficient (Wildman–Crippen LogP) is 8.18. The Kier molecular flexibility index (Phi) is 9.34. The van der Waals surface area contributed by atoms with E-state index < -0.39 is 42.0 Å². The van der Waals surface area contributed by atoms with E-state index in [0.29, 0.717) is 5.56 Å². The van der Waals surface area contributed by atoms with Crippen molar-refractivity contribution in [3.8, 4) is 11.5 Å². The summed E-state index contributed by atoms with van der Waals surface area (Å²) in [6.07, 6.45) is -12.7. The predicted molar refractivity (Wildman–Crippen MR) is 143 cm³/mol. The second-order valence-corrected chi connectivity index (χ2v) is 9.51. The number of aromatic nitrogens is 1. The van der Waals surface area contributed by atoms with Crippen LogP contribution in [0.25, 0.3) is 0 Å². The first-order chi connectivity index (χ1) is 20.3. The number of amides is 2. The zero-order chi connectivity index (χ0) is 31.3. The van der Waals surface area contributed by atoms with Crippen molar-refractivity contribution in [2.75, 3.05) is 5.32 Å². The molecule has 4 aromatic rings. The molecule has 1 heterocycles. The number of rotatable bonds is 10. The molecule has 0 saturated heterocycles. The molecule has 2 N–H and O–H groups in total. The van der Waals surface area contributed by atoms with Gasteiger partial charge in [0, 0.05) is 24.4 Å². The summed E-state index contributed by atoms with van der Waals surface area (Å²) in [4.78, 5) is 17.8. The molecule has 0 radical (unpaired) electrons. The van der Waals surface area contributed by atoms with Gasteiger partial charge in [-0.2, -0.15) is 17.6 Å². The average Bonchev–Trinajstić information content (AvgIpc) is 2.92. The molecule has 3 aromatic carbocycles. The summed E-state index contributed by atoms with van der Waals surface area (Å²) in [6.45, 7) is 0. The highest BCUT2D eigenvalue weighted by molar-refractivity contribution is 6.30. The second-order valence-electron chi connectivity index (χ2n) is 9.08. The quantitative estimate of drug-likeness (QED) is 0.174. The van der Waals surface area contributed by atoms with Gasteiger partial charge in [-0.3, -0.25) is 4.98 Å². The van der Waals surface area contributed by atoms with E-state index >= 15 is 0 Å². The highest BCUT2D eigenvalue weighted by Gasteiger charge is 2.45. The fourth-order valence-electron chi connectivity index (χ4n) is 4.21. The van der Waals surface area contributed by atoms with Gasteiger partial charge in [0.05, 0.1) is 10.7 Å². The maximum Gasteiger partial charge on any atom is 0.573 e. The van der Waals surface area contributed by atoms with Crippen LogP contribution in [-0.2, 0) is 12.0 Å². The van der Waals surface area contributed by atoms with Crippen LogP contribution in [0, 0.1) is 0 Å². The lowest BCUT2D eigenvalue weighted by Gasteiger charge is -2.35. The average molecular weight is 628 g/mol. The van der Waals surface area contributed by atoms with Gasteiger partial charge >= 0.3 is 24.9 Å². The van der Waals surface area contributed by atoms with Gasteiger partial charge in [-0.15, -0.1) is 13.2 Å². The number of carbonyl (C=O) groups is 1. The summed E-state index contributed by atoms with van der Waals surface area (Å²) in [7, 11) is 0. The standard InChI is InChI=1S/C29H21ClF7N3O3/c30-20-12-13-24(38-17-20)27(16-18-6-2-1-3-7-18,19-8-4-10-22(14-19)42-28(33,34)25(31)32)40-26(41)39-21-9-5-11-23(15-21)43-29(35,36)37/h1-15,17,25H,16H2,(H2,39,40,41)/t27-/m0/s1. The van der Waals surface area contributed by atoms with E-state index in [2.05, 4.69) is 25.1 Å². The molecule has 14 heteroatoms. The van der Waals surface area contributed by atoms with Crippen molar-refractivity contribution in [3.05, 3.63) is 119 Å². The van der Waals surface area contributed by atoms with E-state index in [0.717, 1.165) is 24.3 Å². The van der Waals surface area contributed by atoms with Crippen LogP contribution >= 0.6 is 11.6 Å². The van der Waals surface area contributed by atoms with Crippen molar-refractivity contribution in [1.82, 2.24) is 10.3 Å². The molecule has 1 atom stereocenters. The molecule has 0 fully saturated rings. The third-order valence-corrected chi connectivity index (χ3v) is 6.19. The van der Waals surface area contributed by atoms with Crippen LogP contribution < -0.4 is 20.1 Å². The summed E-state index contributed by atoms with van der Waals surface area (Å²) in [5.74, 6) is -1.22. The molecular formula is C29H21ClF7N3O3. The Morgan fingerprint density at radius 2 is 1.51 bits per heavy atom. The first kappa shape index (κ1) is 31.4. The lowest BCUT2D eigenvalue weighted by molar-refractivity contribution is -0.274. The fourth-order valence-corrected chi connectivity index (χ4v) is 4.32. The number of nitrogens with one attached hydrogen (secondary N) is 2. The molecule has 0 aliphatic heterocycles. The second kappa shape index (κ2) is 12.8. The zero-order valence-electron chi connectivity index (χ0n) is 21.7. The van der Waals surface area contributed by atoms with Crippen molar-refractivity contribution in [2.45, 2.75) is 30.9 Å². The Morgan fingerprint density at radius 3 is 2.14 bits per heavy atom. The topological polar surface area (TPSA) is 72.5 Å². The molecule has 1 aromatic heterocycles. The molecule has 4 rings (SSSR count). The van der Waals surface area contributed by atoms with Crippen molar-refractivity contribution in [2.24, 2.45) is 0 Å². The van der Waals surface area contributed by atoms with Crippen molar-refractivity contribution >= 4 is 23.3 Å². The number of hydrogen-bond donors (Lipinski definition) is 2. The number of hydrogen-bond acceptors (Lipinski definition) is 4. The molecule has 0 aliphatic rings. The van der Waals surface area contributed by atoms with E-state index in [1.807, 2.05) is 0 Å². The van der Waals surface area contributed by atoms with Gasteiger partial charge in [0.15, 0.2) is 0 Å². The zero-order valence-corrected chi connectivity index (χ0v) is 22.5. The number of anilines is 1. The van der Waals surface area contributed by atoms with Gasteiger partial charge in [0.25, 0.3) is 0 Å². The smallest absolute Gasteiger partial charge is 0.428 e. The van der Waals surface area contributed by atoms with Gasteiger partial charge < -0.3 is 20.1 Å². The maximum atomic E-state index is 13.8. The number of alkyl halides is 7. The van der Waals surface area contributed by atoms with E-state index in [-0.39, 0.29) is 28.4 Å². The van der Waals surface area contributed by atoms with Crippen LogP contribution in [0.15, 0.2) is 97.2 Å². The summed E-state index contributed by atoms with van der Waals surface area (Å²) in [5, 5.41) is 5.41. The summed E-state index contributed by atoms with van der Waals surface area (Å²) >= 11 is 6.04. The molecular weight excluding hydrogens is 607 g/mol. The minimum atomic E-state index is -4.97. The van der Waals surface area contributed by atoms with Crippen LogP contribution in [0.1, 0.15) is 16.8 Å². The van der Waals surface area contributed by atoms with Crippen LogP contribution in [0.3, 0.4) is 0 Å². The first-order valence-electron chi connectivity index (χ1n) is 12.3. The Bertz CT molecular complexity index is 1540. The van der Waals surface area contributed by atoms with Crippen LogP contribution in [-0.4, -0.2) is 29.9 Å². The van der Waals surface area contributed by atoms with Gasteiger partial charge in [0.2, 0.25) is 0 Å². The SMILES string of the molecule is O=C(Nc1cccc(OC(F)(F)F)c1)N[C@@](Cc1ccccc1)(c1cccc(OC(F)(F)C(F)F)c1)c1ccc(Cl)cn1. The number of nitrogens with zero attached hydrogens (tertiary/aromatic N) is 1. The highest BCUT2D eigenvalue weighted by Crippen LogP contribution is 2.37. The molecule has 0 saturated carbocycles. The number of urea groups is 1. The number of halogens is 8. The largest absolute Gasteiger partial charge is 0.573 e. The van der Waals surface area contributed by atoms with Gasteiger partial charge in [0.1, 0.15) is 17.0 Å². The van der Waals surface area contributed by atoms with Crippen molar-refractivity contribution in [3.63, 3.8) is 0 Å². The maximum absolute atomic E-state index is 13.8. The summed E-state index contributed by atoms with van der Waals surface area (Å²) in [5.41, 5.74) is -0.883. The van der Waals surface area contributed by atoms with Gasteiger partial charge in [-0.25, -0.2) is 4.79 Å². The number of benzene rings is 3. The monoisotopic (exact) mass is 627 g/mol. The van der Waals surface area contributed by atoms with E-state index in [4.69, 9.17) is 11.6 Å². The number of carbonyl (C=O) groups excluding carboxylic acids is 1. The number of pyridine rings is 1. The molecule has 0 bridgehead atoms.